The zero-order valence-electron chi connectivity index (χ0n) is 12.1. The molecule has 116 valence electrons. The van der Waals surface area contributed by atoms with Crippen LogP contribution in [0.2, 0.25) is 5.02 Å². The van der Waals surface area contributed by atoms with E-state index in [1.54, 1.807) is 12.1 Å². The highest BCUT2D eigenvalue weighted by Gasteiger charge is 2.15. The molecule has 0 aliphatic carbocycles. The van der Waals surface area contributed by atoms with E-state index in [-0.39, 0.29) is 5.91 Å². The number of amides is 1. The Balaban J connectivity index is 1.66. The molecule has 0 aliphatic rings. The topological polar surface area (TPSA) is 67.0 Å². The van der Waals surface area contributed by atoms with Crippen LogP contribution in [0.1, 0.15) is 15.9 Å². The van der Waals surface area contributed by atoms with Gasteiger partial charge in [-0.1, -0.05) is 54.1 Å². The molecular weight excluding hydrogens is 314 g/mol. The molecule has 0 saturated heterocycles. The van der Waals surface area contributed by atoms with Crippen molar-refractivity contribution in [3.63, 3.8) is 0 Å². The van der Waals surface area contributed by atoms with Crippen LogP contribution in [0.4, 0.5) is 0 Å². The first-order valence-corrected chi connectivity index (χ1v) is 7.37. The number of aromatic amines is 1. The van der Waals surface area contributed by atoms with Crippen LogP contribution in [0.3, 0.4) is 0 Å². The smallest absolute Gasteiger partial charge is 0.277 e. The van der Waals surface area contributed by atoms with Crippen molar-refractivity contribution in [3.8, 4) is 11.3 Å². The summed E-state index contributed by atoms with van der Waals surface area (Å²) in [5.41, 5.74) is 5.24. The molecule has 0 bridgehead atoms. The second kappa shape index (κ2) is 7.09. The van der Waals surface area contributed by atoms with Gasteiger partial charge in [-0.05, 0) is 17.7 Å². The Hall–Kier alpha value is -2.63. The molecule has 1 heterocycles. The van der Waals surface area contributed by atoms with Crippen molar-refractivity contribution < 1.29 is 9.63 Å². The largest absolute Gasteiger partial charge is 0.278 e. The minimum atomic E-state index is -0.361. The SMILES string of the molecule is O=C(NOCc1ccccc1)c1cn[nH]c1-c1ccc(Cl)cc1. The number of hydrogen-bond acceptors (Lipinski definition) is 3. The molecule has 1 aromatic heterocycles. The molecular formula is C17H14ClN3O2. The van der Waals surface area contributed by atoms with Crippen LogP contribution in [-0.2, 0) is 11.4 Å². The molecule has 5 nitrogen and oxygen atoms in total. The van der Waals surface area contributed by atoms with E-state index in [1.807, 2.05) is 42.5 Å². The number of aromatic nitrogens is 2. The average Bonchev–Trinajstić information content (AvgIpc) is 3.06. The third-order valence-electron chi connectivity index (χ3n) is 3.26. The number of nitrogens with one attached hydrogen (secondary N) is 2. The quantitative estimate of drug-likeness (QED) is 0.704. The Labute approximate surface area is 138 Å². The highest BCUT2D eigenvalue weighted by atomic mass is 35.5. The van der Waals surface area contributed by atoms with Crippen LogP contribution >= 0.6 is 11.6 Å². The summed E-state index contributed by atoms with van der Waals surface area (Å²) in [6.07, 6.45) is 1.46. The lowest BCUT2D eigenvalue weighted by atomic mass is 10.1. The summed E-state index contributed by atoms with van der Waals surface area (Å²) in [7, 11) is 0. The molecule has 0 unspecified atom stereocenters. The lowest BCUT2D eigenvalue weighted by Gasteiger charge is -2.06. The van der Waals surface area contributed by atoms with Crippen LogP contribution in [0.15, 0.2) is 60.8 Å². The third-order valence-corrected chi connectivity index (χ3v) is 3.52. The number of nitrogens with zero attached hydrogens (tertiary/aromatic N) is 1. The predicted molar refractivity (Wildman–Crippen MR) is 87.7 cm³/mol. The summed E-state index contributed by atoms with van der Waals surface area (Å²) in [5, 5.41) is 7.38. The maximum atomic E-state index is 12.2. The van der Waals surface area contributed by atoms with Crippen LogP contribution in [-0.4, -0.2) is 16.1 Å². The standard InChI is InChI=1S/C17H14ClN3O2/c18-14-8-6-13(7-9-14)16-15(10-19-20-16)17(22)21-23-11-12-4-2-1-3-5-12/h1-10H,11H2,(H,19,20)(H,21,22). The number of carbonyl (C=O) groups is 1. The Morgan fingerprint density at radius 2 is 1.87 bits per heavy atom. The first kappa shape index (κ1) is 15.3. The molecule has 3 rings (SSSR count). The maximum Gasteiger partial charge on any atom is 0.278 e. The maximum absolute atomic E-state index is 12.2. The Bertz CT molecular complexity index is 785. The molecule has 0 aliphatic heterocycles. The molecule has 2 N–H and O–H groups in total. The molecule has 0 spiro atoms. The van der Waals surface area contributed by atoms with Gasteiger partial charge in [-0.3, -0.25) is 14.7 Å². The molecule has 23 heavy (non-hydrogen) atoms. The molecule has 0 saturated carbocycles. The number of carbonyl (C=O) groups excluding carboxylic acids is 1. The fourth-order valence-corrected chi connectivity index (χ4v) is 2.24. The van der Waals surface area contributed by atoms with E-state index < -0.39 is 0 Å². The second-order valence-corrected chi connectivity index (χ2v) is 5.31. The van der Waals surface area contributed by atoms with E-state index in [1.165, 1.54) is 6.20 Å². The Kier molecular flexibility index (Phi) is 4.71. The minimum absolute atomic E-state index is 0.292. The van der Waals surface area contributed by atoms with E-state index in [0.29, 0.717) is 22.9 Å². The van der Waals surface area contributed by atoms with E-state index in [4.69, 9.17) is 16.4 Å². The monoisotopic (exact) mass is 327 g/mol. The summed E-state index contributed by atoms with van der Waals surface area (Å²) in [5.74, 6) is -0.361. The highest BCUT2D eigenvalue weighted by molar-refractivity contribution is 6.30. The molecule has 6 heteroatoms. The Morgan fingerprint density at radius 3 is 2.61 bits per heavy atom. The zero-order valence-corrected chi connectivity index (χ0v) is 12.9. The number of benzene rings is 2. The number of hydroxylamine groups is 1. The molecule has 1 amide bonds. The van der Waals surface area contributed by atoms with Gasteiger partial charge in [0.1, 0.15) is 0 Å². The van der Waals surface area contributed by atoms with Gasteiger partial charge in [0, 0.05) is 10.6 Å². The van der Waals surface area contributed by atoms with Gasteiger partial charge in [0.2, 0.25) is 0 Å². The van der Waals surface area contributed by atoms with Gasteiger partial charge in [0.25, 0.3) is 5.91 Å². The fourth-order valence-electron chi connectivity index (χ4n) is 2.11. The minimum Gasteiger partial charge on any atom is -0.277 e. The number of halogens is 1. The summed E-state index contributed by atoms with van der Waals surface area (Å²) in [4.78, 5) is 17.5. The zero-order chi connectivity index (χ0) is 16.1. The van der Waals surface area contributed by atoms with E-state index in [2.05, 4.69) is 15.7 Å². The normalized spacial score (nSPS) is 10.5. The number of hydrogen-bond donors (Lipinski definition) is 2. The molecule has 0 fully saturated rings. The first-order valence-electron chi connectivity index (χ1n) is 6.99. The summed E-state index contributed by atoms with van der Waals surface area (Å²) >= 11 is 5.88. The highest BCUT2D eigenvalue weighted by Crippen LogP contribution is 2.22. The first-order chi connectivity index (χ1) is 11.2. The van der Waals surface area contributed by atoms with Crippen LogP contribution in [0.25, 0.3) is 11.3 Å². The van der Waals surface area contributed by atoms with Gasteiger partial charge in [0.15, 0.2) is 0 Å². The predicted octanol–water partition coefficient (Wildman–Crippen LogP) is 3.59. The van der Waals surface area contributed by atoms with Gasteiger partial charge in [-0.15, -0.1) is 0 Å². The Morgan fingerprint density at radius 1 is 1.13 bits per heavy atom. The van der Waals surface area contributed by atoms with Gasteiger partial charge in [-0.2, -0.15) is 5.10 Å². The number of rotatable bonds is 5. The fraction of sp³-hybridized carbons (Fsp3) is 0.0588. The summed E-state index contributed by atoms with van der Waals surface area (Å²) < 4.78 is 0. The van der Waals surface area contributed by atoms with Crippen LogP contribution < -0.4 is 5.48 Å². The van der Waals surface area contributed by atoms with Gasteiger partial charge < -0.3 is 0 Å². The van der Waals surface area contributed by atoms with Crippen molar-refractivity contribution >= 4 is 17.5 Å². The van der Waals surface area contributed by atoms with Crippen molar-refractivity contribution in [1.82, 2.24) is 15.7 Å². The summed E-state index contributed by atoms with van der Waals surface area (Å²) in [6, 6.07) is 16.7. The molecule has 0 radical (unpaired) electrons. The molecule has 2 aromatic carbocycles. The van der Waals surface area contributed by atoms with Crippen molar-refractivity contribution in [3.05, 3.63) is 76.9 Å². The lowest BCUT2D eigenvalue weighted by molar-refractivity contribution is 0.0234. The van der Waals surface area contributed by atoms with Crippen molar-refractivity contribution in [2.75, 3.05) is 0 Å². The van der Waals surface area contributed by atoms with E-state index in [9.17, 15) is 4.79 Å². The van der Waals surface area contributed by atoms with Crippen molar-refractivity contribution in [2.45, 2.75) is 6.61 Å². The van der Waals surface area contributed by atoms with Gasteiger partial charge in [-0.25, -0.2) is 5.48 Å². The average molecular weight is 328 g/mol. The molecule has 3 aromatic rings. The van der Waals surface area contributed by atoms with Crippen LogP contribution in [0.5, 0.6) is 0 Å². The lowest BCUT2D eigenvalue weighted by Crippen LogP contribution is -2.23. The van der Waals surface area contributed by atoms with E-state index in [0.717, 1.165) is 11.1 Å². The van der Waals surface area contributed by atoms with Gasteiger partial charge in [0.05, 0.1) is 24.1 Å². The summed E-state index contributed by atoms with van der Waals surface area (Å²) in [6.45, 7) is 0.292. The molecule has 0 atom stereocenters. The van der Waals surface area contributed by atoms with Crippen LogP contribution in [0, 0.1) is 0 Å². The van der Waals surface area contributed by atoms with E-state index >= 15 is 0 Å². The second-order valence-electron chi connectivity index (χ2n) is 4.87. The number of H-pyrrole nitrogens is 1. The van der Waals surface area contributed by atoms with Crippen molar-refractivity contribution in [2.24, 2.45) is 0 Å². The third kappa shape index (κ3) is 3.77. The van der Waals surface area contributed by atoms with Gasteiger partial charge >= 0.3 is 0 Å². The van der Waals surface area contributed by atoms with Crippen molar-refractivity contribution in [1.29, 1.82) is 0 Å².